The van der Waals surface area contributed by atoms with Crippen molar-refractivity contribution in [3.05, 3.63) is 40.8 Å². The average Bonchev–Trinajstić information content (AvgIpc) is 2.84. The molecule has 0 aliphatic heterocycles. The summed E-state index contributed by atoms with van der Waals surface area (Å²) in [4.78, 5) is 3.70. The minimum absolute atomic E-state index is 0.0785. The number of nitrogens with one attached hydrogen (secondary N) is 2. The molecule has 2 rings (SSSR count). The zero-order valence-corrected chi connectivity index (χ0v) is 10.5. The van der Waals surface area contributed by atoms with E-state index in [0.717, 1.165) is 17.8 Å². The minimum atomic E-state index is -4.45. The fraction of sp³-hybridized carbons (Fsp3) is 0.273. The Bertz CT molecular complexity index is 554. The van der Waals surface area contributed by atoms with E-state index in [1.807, 2.05) is 6.92 Å². The van der Waals surface area contributed by atoms with Crippen molar-refractivity contribution in [2.45, 2.75) is 19.1 Å². The molecule has 0 aliphatic rings. The van der Waals surface area contributed by atoms with E-state index in [1.54, 1.807) is 12.4 Å². The van der Waals surface area contributed by atoms with Crippen LogP contribution in [0, 0.1) is 0 Å². The van der Waals surface area contributed by atoms with Crippen LogP contribution in [0.1, 0.15) is 24.1 Å². The average molecular weight is 291 g/mol. The minimum Gasteiger partial charge on any atom is -0.362 e. The second-order valence-corrected chi connectivity index (χ2v) is 4.36. The molecule has 0 spiro atoms. The highest BCUT2D eigenvalue weighted by Crippen LogP contribution is 2.33. The van der Waals surface area contributed by atoms with Gasteiger partial charge in [-0.15, -0.1) is 0 Å². The van der Waals surface area contributed by atoms with Crippen LogP contribution in [0.3, 0.4) is 0 Å². The van der Waals surface area contributed by atoms with Crippen molar-refractivity contribution >= 4 is 17.4 Å². The number of rotatable bonds is 3. The summed E-state index contributed by atoms with van der Waals surface area (Å²) in [7, 11) is 0. The third-order valence-corrected chi connectivity index (χ3v) is 2.83. The second kappa shape index (κ2) is 5.08. The quantitative estimate of drug-likeness (QED) is 0.907. The van der Waals surface area contributed by atoms with Crippen molar-refractivity contribution in [3.8, 4) is 0 Å². The smallest absolute Gasteiger partial charge is 0.362 e. The fourth-order valence-corrected chi connectivity index (χ4v) is 1.71. The molecule has 0 saturated carbocycles. The molecule has 2 aromatic heterocycles. The summed E-state index contributed by atoms with van der Waals surface area (Å²) in [6.45, 7) is 1.82. The van der Waals surface area contributed by atoms with E-state index >= 15 is 0 Å². The first-order valence-electron chi connectivity index (χ1n) is 5.36. The Hall–Kier alpha value is -1.76. The third kappa shape index (κ3) is 3.17. The summed E-state index contributed by atoms with van der Waals surface area (Å²) in [5, 5.41) is 9.28. The van der Waals surface area contributed by atoms with Crippen molar-refractivity contribution in [2.24, 2.45) is 0 Å². The summed E-state index contributed by atoms with van der Waals surface area (Å²) in [5.41, 5.74) is -0.0308. The van der Waals surface area contributed by atoms with Gasteiger partial charge >= 0.3 is 6.18 Å². The predicted molar refractivity (Wildman–Crippen MR) is 64.9 cm³/mol. The molecule has 0 aliphatic carbocycles. The lowest BCUT2D eigenvalue weighted by Crippen LogP contribution is -2.10. The Morgan fingerprint density at radius 1 is 1.37 bits per heavy atom. The second-order valence-electron chi connectivity index (χ2n) is 3.95. The monoisotopic (exact) mass is 290 g/mol. The Morgan fingerprint density at radius 3 is 2.63 bits per heavy atom. The zero-order valence-electron chi connectivity index (χ0n) is 9.79. The summed E-state index contributed by atoms with van der Waals surface area (Å²) < 4.78 is 37.4. The molecule has 0 aromatic carbocycles. The van der Waals surface area contributed by atoms with Crippen LogP contribution < -0.4 is 5.32 Å². The largest absolute Gasteiger partial charge is 0.417 e. The van der Waals surface area contributed by atoms with Crippen LogP contribution in [0.25, 0.3) is 0 Å². The molecule has 2 N–H and O–H groups in total. The number of halogens is 4. The van der Waals surface area contributed by atoms with Crippen LogP contribution in [0.15, 0.2) is 24.7 Å². The lowest BCUT2D eigenvalue weighted by atomic mass is 10.2. The number of alkyl halides is 3. The number of anilines is 1. The van der Waals surface area contributed by atoms with Crippen molar-refractivity contribution in [1.29, 1.82) is 0 Å². The van der Waals surface area contributed by atoms with Crippen LogP contribution in [-0.2, 0) is 6.18 Å². The van der Waals surface area contributed by atoms with Gasteiger partial charge < -0.3 is 5.32 Å². The van der Waals surface area contributed by atoms with Gasteiger partial charge in [-0.1, -0.05) is 11.6 Å². The van der Waals surface area contributed by atoms with Gasteiger partial charge in [0.05, 0.1) is 22.8 Å². The van der Waals surface area contributed by atoms with E-state index in [2.05, 4.69) is 20.5 Å². The number of aromatic nitrogens is 3. The Morgan fingerprint density at radius 2 is 2.11 bits per heavy atom. The van der Waals surface area contributed by atoms with Gasteiger partial charge in [0.25, 0.3) is 0 Å². The maximum Gasteiger partial charge on any atom is 0.417 e. The zero-order chi connectivity index (χ0) is 14.0. The summed E-state index contributed by atoms with van der Waals surface area (Å²) in [6, 6.07) is 0.666. The van der Waals surface area contributed by atoms with Crippen LogP contribution in [-0.4, -0.2) is 15.2 Å². The highest BCUT2D eigenvalue weighted by Gasteiger charge is 2.31. The van der Waals surface area contributed by atoms with E-state index in [0.29, 0.717) is 0 Å². The van der Waals surface area contributed by atoms with Crippen LogP contribution in [0.2, 0.25) is 5.02 Å². The summed E-state index contributed by atoms with van der Waals surface area (Å²) in [6.07, 6.45) is -0.424. The van der Waals surface area contributed by atoms with Crippen LogP contribution in [0.5, 0.6) is 0 Å². The molecule has 1 unspecified atom stereocenters. The first kappa shape index (κ1) is 13.7. The van der Waals surface area contributed by atoms with Gasteiger partial charge in [-0.25, -0.2) is 4.98 Å². The lowest BCUT2D eigenvalue weighted by molar-refractivity contribution is -0.137. The first-order valence-corrected chi connectivity index (χ1v) is 5.73. The van der Waals surface area contributed by atoms with Crippen LogP contribution >= 0.6 is 11.6 Å². The van der Waals surface area contributed by atoms with Gasteiger partial charge in [0.2, 0.25) is 0 Å². The van der Waals surface area contributed by atoms with E-state index < -0.39 is 11.7 Å². The number of pyridine rings is 1. The third-order valence-electron chi connectivity index (χ3n) is 2.54. The van der Waals surface area contributed by atoms with Crippen LogP contribution in [0.4, 0.5) is 19.0 Å². The molecule has 0 saturated heterocycles. The molecular weight excluding hydrogens is 281 g/mol. The standard InChI is InChI=1S/C11H10ClF3N4/c1-6(7-3-17-18-4-7)19-10-9(12)2-8(5-16-10)11(13,14)15/h2-6H,1H3,(H,16,19)(H,17,18). The molecule has 19 heavy (non-hydrogen) atoms. The van der Waals surface area contributed by atoms with E-state index in [4.69, 9.17) is 11.6 Å². The number of hydrogen-bond acceptors (Lipinski definition) is 3. The van der Waals surface area contributed by atoms with Gasteiger partial charge in [-0.2, -0.15) is 18.3 Å². The van der Waals surface area contributed by atoms with E-state index in [1.165, 1.54) is 0 Å². The van der Waals surface area contributed by atoms with Crippen molar-refractivity contribution in [3.63, 3.8) is 0 Å². The Kier molecular flexibility index (Phi) is 3.66. The highest BCUT2D eigenvalue weighted by atomic mass is 35.5. The summed E-state index contributed by atoms with van der Waals surface area (Å²) >= 11 is 5.79. The van der Waals surface area contributed by atoms with Gasteiger partial charge in [0.15, 0.2) is 0 Å². The molecule has 2 aromatic rings. The normalized spacial score (nSPS) is 13.3. The topological polar surface area (TPSA) is 53.6 Å². The summed E-state index contributed by atoms with van der Waals surface area (Å²) in [5.74, 6) is 0.198. The van der Waals surface area contributed by atoms with E-state index in [-0.39, 0.29) is 16.9 Å². The molecular formula is C11H10ClF3N4. The van der Waals surface area contributed by atoms with Crippen molar-refractivity contribution < 1.29 is 13.2 Å². The number of H-pyrrole nitrogens is 1. The van der Waals surface area contributed by atoms with Gasteiger partial charge in [0, 0.05) is 18.0 Å². The SMILES string of the molecule is CC(Nc1ncc(C(F)(F)F)cc1Cl)c1cn[nH]c1. The predicted octanol–water partition coefficient (Wildman–Crippen LogP) is 3.65. The Labute approximate surface area is 112 Å². The fourth-order valence-electron chi connectivity index (χ4n) is 1.49. The maximum absolute atomic E-state index is 12.5. The molecule has 4 nitrogen and oxygen atoms in total. The first-order chi connectivity index (χ1) is 8.88. The molecule has 1 atom stereocenters. The van der Waals surface area contributed by atoms with Crippen molar-refractivity contribution in [2.75, 3.05) is 5.32 Å². The maximum atomic E-state index is 12.5. The van der Waals surface area contributed by atoms with Gasteiger partial charge in [-0.05, 0) is 13.0 Å². The van der Waals surface area contributed by atoms with Gasteiger partial charge in [-0.3, -0.25) is 5.10 Å². The molecule has 2 heterocycles. The molecule has 0 amide bonds. The Balaban J connectivity index is 2.18. The van der Waals surface area contributed by atoms with Crippen molar-refractivity contribution in [1.82, 2.24) is 15.2 Å². The molecule has 0 radical (unpaired) electrons. The van der Waals surface area contributed by atoms with E-state index in [9.17, 15) is 13.2 Å². The molecule has 8 heteroatoms. The molecule has 0 bridgehead atoms. The lowest BCUT2D eigenvalue weighted by Gasteiger charge is -2.15. The highest BCUT2D eigenvalue weighted by molar-refractivity contribution is 6.33. The number of hydrogen-bond donors (Lipinski definition) is 2. The molecule has 102 valence electrons. The van der Waals surface area contributed by atoms with Gasteiger partial charge in [0.1, 0.15) is 5.82 Å². The number of aromatic amines is 1. The number of nitrogens with zero attached hydrogens (tertiary/aromatic N) is 2. The molecule has 0 fully saturated rings.